The molecule has 3 heterocycles. The normalized spacial score (nSPS) is 16.8. The molecule has 0 bridgehead atoms. The van der Waals surface area contributed by atoms with Crippen molar-refractivity contribution in [3.8, 4) is 16.6 Å². The Kier molecular flexibility index (Phi) is 6.70. The molecule has 0 spiro atoms. The van der Waals surface area contributed by atoms with Crippen molar-refractivity contribution in [2.75, 3.05) is 5.32 Å². The van der Waals surface area contributed by atoms with E-state index in [9.17, 15) is 10.1 Å². The summed E-state index contributed by atoms with van der Waals surface area (Å²) in [5, 5.41) is 17.4. The molecule has 0 fully saturated rings. The average Bonchev–Trinajstić information content (AvgIpc) is 3.44. The van der Waals surface area contributed by atoms with Gasteiger partial charge in [0.25, 0.3) is 0 Å². The summed E-state index contributed by atoms with van der Waals surface area (Å²) < 4.78 is 0. The quantitative estimate of drug-likeness (QED) is 0.425. The lowest BCUT2D eigenvalue weighted by Crippen LogP contribution is -2.27. The second-order valence-electron chi connectivity index (χ2n) is 9.13. The van der Waals surface area contributed by atoms with Gasteiger partial charge in [0.2, 0.25) is 5.91 Å². The number of thioether (sulfide) groups is 1. The minimum Gasteiger partial charge on any atom is -0.301 e. The Labute approximate surface area is 201 Å². The van der Waals surface area contributed by atoms with Gasteiger partial charge < -0.3 is 5.32 Å². The predicted molar refractivity (Wildman–Crippen MR) is 133 cm³/mol. The van der Waals surface area contributed by atoms with Crippen molar-refractivity contribution in [1.29, 1.82) is 5.26 Å². The molecule has 0 saturated carbocycles. The lowest BCUT2D eigenvalue weighted by Gasteiger charge is -2.34. The third kappa shape index (κ3) is 5.06. The fourth-order valence-corrected chi connectivity index (χ4v) is 6.22. The summed E-state index contributed by atoms with van der Waals surface area (Å²) in [6.07, 6.45) is 2.98. The maximum absolute atomic E-state index is 12.8. The minimum absolute atomic E-state index is 0.140. The van der Waals surface area contributed by atoms with Gasteiger partial charge in [0, 0.05) is 11.1 Å². The van der Waals surface area contributed by atoms with Gasteiger partial charge in [-0.3, -0.25) is 4.79 Å². The molecule has 2 unspecified atom stereocenters. The number of fused-ring (bicyclic) bond motifs is 1. The van der Waals surface area contributed by atoms with Crippen LogP contribution < -0.4 is 5.32 Å². The first-order valence-corrected chi connectivity index (χ1v) is 13.3. The van der Waals surface area contributed by atoms with Crippen LogP contribution in [0.5, 0.6) is 0 Å². The van der Waals surface area contributed by atoms with Gasteiger partial charge in [0.15, 0.2) is 5.13 Å². The van der Waals surface area contributed by atoms with E-state index in [0.29, 0.717) is 21.6 Å². The van der Waals surface area contributed by atoms with E-state index in [1.54, 1.807) is 11.3 Å². The largest absolute Gasteiger partial charge is 0.301 e. The summed E-state index contributed by atoms with van der Waals surface area (Å²) in [5.41, 5.74) is 3.91. The number of rotatable bonds is 5. The van der Waals surface area contributed by atoms with E-state index >= 15 is 0 Å². The molecule has 2 atom stereocenters. The first-order valence-electron chi connectivity index (χ1n) is 10.6. The molecule has 166 valence electrons. The molecule has 32 heavy (non-hydrogen) atoms. The zero-order valence-corrected chi connectivity index (χ0v) is 21.1. The molecule has 1 amide bonds. The predicted octanol–water partition coefficient (Wildman–Crippen LogP) is 6.41. The van der Waals surface area contributed by atoms with E-state index in [1.807, 2.05) is 35.9 Å². The van der Waals surface area contributed by atoms with Crippen molar-refractivity contribution in [3.63, 3.8) is 0 Å². The Morgan fingerprint density at radius 1 is 1.34 bits per heavy atom. The Morgan fingerprint density at radius 2 is 2.16 bits per heavy atom. The van der Waals surface area contributed by atoms with Crippen molar-refractivity contribution >= 4 is 45.5 Å². The van der Waals surface area contributed by atoms with Gasteiger partial charge in [0.1, 0.15) is 11.1 Å². The molecule has 0 saturated heterocycles. The van der Waals surface area contributed by atoms with Crippen molar-refractivity contribution in [3.05, 3.63) is 45.8 Å². The number of anilines is 1. The SMILES string of the molecule is CC(Sc1nc2c(cc1C#N)CC(C(C)(C)C)CC2)C(=O)Nc1nc(-c2cccs2)cs1. The molecular formula is C24H26N4OS3. The summed E-state index contributed by atoms with van der Waals surface area (Å²) in [7, 11) is 0. The Bertz CT molecular complexity index is 1160. The molecule has 1 aliphatic carbocycles. The van der Waals surface area contributed by atoms with Gasteiger partial charge in [-0.25, -0.2) is 9.97 Å². The van der Waals surface area contributed by atoms with Gasteiger partial charge in [-0.05, 0) is 60.6 Å². The number of carbonyl (C=O) groups is 1. The van der Waals surface area contributed by atoms with E-state index in [1.165, 1.54) is 28.7 Å². The van der Waals surface area contributed by atoms with Crippen molar-refractivity contribution in [1.82, 2.24) is 9.97 Å². The number of thiazole rings is 1. The van der Waals surface area contributed by atoms with Crippen molar-refractivity contribution in [2.45, 2.75) is 57.2 Å². The first-order chi connectivity index (χ1) is 15.2. The Balaban J connectivity index is 1.45. The molecule has 1 N–H and O–H groups in total. The number of pyridine rings is 1. The van der Waals surface area contributed by atoms with E-state index in [0.717, 1.165) is 35.5 Å². The summed E-state index contributed by atoms with van der Waals surface area (Å²) in [6.45, 7) is 8.67. The number of hydrogen-bond acceptors (Lipinski definition) is 7. The fourth-order valence-electron chi connectivity index (χ4n) is 3.85. The number of amides is 1. The number of thiophene rings is 1. The number of nitrogens with one attached hydrogen (secondary N) is 1. The smallest absolute Gasteiger partial charge is 0.239 e. The molecule has 0 aromatic carbocycles. The Morgan fingerprint density at radius 3 is 2.84 bits per heavy atom. The molecule has 3 aromatic heterocycles. The van der Waals surface area contributed by atoms with Crippen LogP contribution in [-0.2, 0) is 17.6 Å². The second-order valence-corrected chi connectivity index (χ2v) is 12.3. The van der Waals surface area contributed by atoms with Crippen LogP contribution in [0.3, 0.4) is 0 Å². The number of nitriles is 1. The lowest BCUT2D eigenvalue weighted by atomic mass is 9.71. The van der Waals surface area contributed by atoms with Crippen LogP contribution in [0.15, 0.2) is 34.0 Å². The van der Waals surface area contributed by atoms with Crippen LogP contribution >= 0.6 is 34.4 Å². The Hall–Kier alpha value is -2.21. The fraction of sp³-hybridized carbons (Fsp3) is 0.417. The van der Waals surface area contributed by atoms with Gasteiger partial charge in [-0.2, -0.15) is 5.26 Å². The monoisotopic (exact) mass is 482 g/mol. The zero-order chi connectivity index (χ0) is 22.9. The van der Waals surface area contributed by atoms with E-state index in [4.69, 9.17) is 4.98 Å². The summed E-state index contributed by atoms with van der Waals surface area (Å²) in [4.78, 5) is 23.2. The lowest BCUT2D eigenvalue weighted by molar-refractivity contribution is -0.115. The summed E-state index contributed by atoms with van der Waals surface area (Å²) >= 11 is 4.37. The molecule has 8 heteroatoms. The van der Waals surface area contributed by atoms with Crippen LogP contribution in [0.4, 0.5) is 5.13 Å². The van der Waals surface area contributed by atoms with E-state index < -0.39 is 5.25 Å². The molecule has 5 nitrogen and oxygen atoms in total. The number of hydrogen-bond donors (Lipinski definition) is 1. The maximum Gasteiger partial charge on any atom is 0.239 e. The van der Waals surface area contributed by atoms with Crippen LogP contribution in [0.2, 0.25) is 0 Å². The van der Waals surface area contributed by atoms with Crippen LogP contribution in [0.25, 0.3) is 10.6 Å². The van der Waals surface area contributed by atoms with E-state index in [-0.39, 0.29) is 11.3 Å². The number of carbonyl (C=O) groups excluding carboxylic acids is 1. The van der Waals surface area contributed by atoms with Crippen LogP contribution in [0.1, 0.15) is 50.9 Å². The molecule has 0 aliphatic heterocycles. The molecule has 3 aromatic rings. The topological polar surface area (TPSA) is 78.7 Å². The first kappa shape index (κ1) is 23.0. The number of nitrogens with zero attached hydrogens (tertiary/aromatic N) is 3. The van der Waals surface area contributed by atoms with Crippen LogP contribution in [-0.4, -0.2) is 21.1 Å². The highest BCUT2D eigenvalue weighted by atomic mass is 32.2. The maximum atomic E-state index is 12.8. The second kappa shape index (κ2) is 9.34. The highest BCUT2D eigenvalue weighted by Crippen LogP contribution is 2.38. The van der Waals surface area contributed by atoms with E-state index in [2.05, 4.69) is 37.1 Å². The molecule has 0 radical (unpaired) electrons. The van der Waals surface area contributed by atoms with Crippen molar-refractivity contribution < 1.29 is 4.79 Å². The highest BCUT2D eigenvalue weighted by molar-refractivity contribution is 8.00. The van der Waals surface area contributed by atoms with Crippen LogP contribution in [0, 0.1) is 22.7 Å². The minimum atomic E-state index is -0.396. The zero-order valence-electron chi connectivity index (χ0n) is 18.6. The third-order valence-electron chi connectivity index (χ3n) is 5.86. The molecular weight excluding hydrogens is 456 g/mol. The summed E-state index contributed by atoms with van der Waals surface area (Å²) in [6, 6.07) is 8.27. The molecule has 1 aliphatic rings. The van der Waals surface area contributed by atoms with Crippen molar-refractivity contribution in [2.24, 2.45) is 11.3 Å². The van der Waals surface area contributed by atoms with Gasteiger partial charge in [-0.1, -0.05) is 38.6 Å². The third-order valence-corrected chi connectivity index (χ3v) is 8.62. The van der Waals surface area contributed by atoms with Gasteiger partial charge in [0.05, 0.1) is 21.4 Å². The van der Waals surface area contributed by atoms with Gasteiger partial charge in [-0.15, -0.1) is 22.7 Å². The number of aryl methyl sites for hydroxylation is 1. The molecule has 4 rings (SSSR count). The average molecular weight is 483 g/mol. The standard InChI is InChI=1S/C24H26N4OS3/c1-14(21(29)28-23-27-19(13-31-23)20-6-5-9-30-20)32-22-16(12-25)10-15-11-17(24(2,3)4)7-8-18(15)26-22/h5-6,9-10,13-14,17H,7-8,11H2,1-4H3,(H,27,28,29). The summed E-state index contributed by atoms with van der Waals surface area (Å²) in [5.74, 6) is 0.446. The van der Waals surface area contributed by atoms with Gasteiger partial charge >= 0.3 is 0 Å². The highest BCUT2D eigenvalue weighted by Gasteiger charge is 2.30. The number of aromatic nitrogens is 2.